The minimum absolute atomic E-state index is 0.168. The lowest BCUT2D eigenvalue weighted by atomic mass is 9.94. The highest BCUT2D eigenvalue weighted by atomic mass is 32.1. The third-order valence-electron chi connectivity index (χ3n) is 5.92. The van der Waals surface area contributed by atoms with Crippen LogP contribution in [0.25, 0.3) is 6.08 Å². The summed E-state index contributed by atoms with van der Waals surface area (Å²) in [5.41, 5.74) is 4.00. The maximum absolute atomic E-state index is 12.7. The molecule has 0 saturated carbocycles. The Balaban J connectivity index is 1.36. The number of nitrogens with zero attached hydrogens (tertiary/aromatic N) is 2. The van der Waals surface area contributed by atoms with E-state index in [0.717, 1.165) is 30.8 Å². The number of likely N-dealkylation sites (tertiary alicyclic amines) is 1. The molecule has 0 bridgehead atoms. The monoisotopic (exact) mass is 394 g/mol. The smallest absolute Gasteiger partial charge is 0.264 e. The van der Waals surface area contributed by atoms with Crippen LogP contribution in [0.4, 0.5) is 0 Å². The van der Waals surface area contributed by atoms with E-state index in [9.17, 15) is 4.79 Å². The van der Waals surface area contributed by atoms with Gasteiger partial charge in [0.1, 0.15) is 0 Å². The SMILES string of the molecule is O=C(c1cccs1)N1CCc2cccc(/C=C\CCCN3CCCCC3)c2C1. The van der Waals surface area contributed by atoms with Crippen LogP contribution in [0.1, 0.15) is 58.5 Å². The molecular weight excluding hydrogens is 364 g/mol. The van der Waals surface area contributed by atoms with E-state index in [4.69, 9.17) is 0 Å². The second-order valence-corrected chi connectivity index (χ2v) is 8.83. The van der Waals surface area contributed by atoms with Gasteiger partial charge in [0.25, 0.3) is 5.91 Å². The summed E-state index contributed by atoms with van der Waals surface area (Å²) >= 11 is 1.53. The number of benzene rings is 1. The highest BCUT2D eigenvalue weighted by molar-refractivity contribution is 7.12. The Morgan fingerprint density at radius 2 is 1.96 bits per heavy atom. The molecule has 0 N–H and O–H groups in total. The minimum atomic E-state index is 0.168. The van der Waals surface area contributed by atoms with Crippen LogP contribution < -0.4 is 0 Å². The average molecular weight is 395 g/mol. The van der Waals surface area contributed by atoms with Crippen molar-refractivity contribution in [3.8, 4) is 0 Å². The van der Waals surface area contributed by atoms with Gasteiger partial charge in [0.05, 0.1) is 4.88 Å². The molecule has 0 spiro atoms. The normalized spacial score (nSPS) is 17.8. The molecule has 0 aliphatic carbocycles. The van der Waals surface area contributed by atoms with Crippen LogP contribution in [0.2, 0.25) is 0 Å². The van der Waals surface area contributed by atoms with Crippen LogP contribution in [-0.4, -0.2) is 41.9 Å². The number of thiophene rings is 1. The Hall–Kier alpha value is -1.91. The van der Waals surface area contributed by atoms with Crippen LogP contribution in [0.5, 0.6) is 0 Å². The number of piperidine rings is 1. The van der Waals surface area contributed by atoms with Crippen LogP contribution >= 0.6 is 11.3 Å². The molecule has 0 atom stereocenters. The largest absolute Gasteiger partial charge is 0.333 e. The molecule has 1 fully saturated rings. The Bertz CT molecular complexity index is 806. The van der Waals surface area contributed by atoms with Gasteiger partial charge in [0.15, 0.2) is 0 Å². The number of allylic oxidation sites excluding steroid dienone is 1. The van der Waals surface area contributed by atoms with Gasteiger partial charge >= 0.3 is 0 Å². The number of carbonyl (C=O) groups excluding carboxylic acids is 1. The molecular formula is C24H30N2OS. The summed E-state index contributed by atoms with van der Waals surface area (Å²) in [6, 6.07) is 10.4. The van der Waals surface area contributed by atoms with E-state index in [-0.39, 0.29) is 5.91 Å². The van der Waals surface area contributed by atoms with E-state index in [1.54, 1.807) is 0 Å². The summed E-state index contributed by atoms with van der Waals surface area (Å²) in [7, 11) is 0. The zero-order valence-electron chi connectivity index (χ0n) is 16.6. The van der Waals surface area contributed by atoms with E-state index in [1.165, 1.54) is 73.3 Å². The Labute approximate surface area is 172 Å². The zero-order chi connectivity index (χ0) is 19.2. The number of carbonyl (C=O) groups is 1. The van der Waals surface area contributed by atoms with Crippen LogP contribution in [0, 0.1) is 0 Å². The number of hydrogen-bond donors (Lipinski definition) is 0. The van der Waals surface area contributed by atoms with Crippen molar-refractivity contribution >= 4 is 23.3 Å². The van der Waals surface area contributed by atoms with Crippen molar-refractivity contribution in [2.75, 3.05) is 26.2 Å². The van der Waals surface area contributed by atoms with Crippen LogP contribution in [0.15, 0.2) is 41.8 Å². The van der Waals surface area contributed by atoms with Gasteiger partial charge in [-0.2, -0.15) is 0 Å². The van der Waals surface area contributed by atoms with Gasteiger partial charge in [0.2, 0.25) is 0 Å². The van der Waals surface area contributed by atoms with Crippen molar-refractivity contribution in [2.45, 2.75) is 45.1 Å². The van der Waals surface area contributed by atoms with Gasteiger partial charge < -0.3 is 9.80 Å². The fourth-order valence-corrected chi connectivity index (χ4v) is 5.01. The first-order chi connectivity index (χ1) is 13.8. The molecule has 1 aromatic carbocycles. The van der Waals surface area contributed by atoms with Gasteiger partial charge in [-0.05, 0) is 79.9 Å². The Kier molecular flexibility index (Phi) is 6.61. The summed E-state index contributed by atoms with van der Waals surface area (Å²) in [5.74, 6) is 0.168. The van der Waals surface area contributed by atoms with E-state index in [2.05, 4.69) is 35.3 Å². The molecule has 3 nitrogen and oxygen atoms in total. The molecule has 148 valence electrons. The summed E-state index contributed by atoms with van der Waals surface area (Å²) in [5, 5.41) is 1.98. The fourth-order valence-electron chi connectivity index (χ4n) is 4.32. The van der Waals surface area contributed by atoms with Gasteiger partial charge in [-0.25, -0.2) is 0 Å². The Morgan fingerprint density at radius 3 is 2.79 bits per heavy atom. The van der Waals surface area contributed by atoms with E-state index >= 15 is 0 Å². The van der Waals surface area contributed by atoms with Crippen molar-refractivity contribution < 1.29 is 4.79 Å². The molecule has 0 unspecified atom stereocenters. The van der Waals surface area contributed by atoms with Gasteiger partial charge in [-0.1, -0.05) is 42.8 Å². The molecule has 2 aliphatic heterocycles. The van der Waals surface area contributed by atoms with Gasteiger partial charge in [-0.15, -0.1) is 11.3 Å². The third kappa shape index (κ3) is 4.73. The van der Waals surface area contributed by atoms with Crippen molar-refractivity contribution in [2.24, 2.45) is 0 Å². The number of rotatable bonds is 6. The summed E-state index contributed by atoms with van der Waals surface area (Å²) < 4.78 is 0. The topological polar surface area (TPSA) is 23.6 Å². The quantitative estimate of drug-likeness (QED) is 0.627. The van der Waals surface area contributed by atoms with E-state index in [0.29, 0.717) is 0 Å². The predicted molar refractivity (Wildman–Crippen MR) is 118 cm³/mol. The molecule has 1 saturated heterocycles. The second-order valence-electron chi connectivity index (χ2n) is 7.89. The highest BCUT2D eigenvalue weighted by Crippen LogP contribution is 2.26. The molecule has 1 amide bonds. The van der Waals surface area contributed by atoms with Crippen molar-refractivity contribution in [1.82, 2.24) is 9.80 Å². The molecule has 3 heterocycles. The number of unbranched alkanes of at least 4 members (excludes halogenated alkanes) is 1. The minimum Gasteiger partial charge on any atom is -0.333 e. The zero-order valence-corrected chi connectivity index (χ0v) is 17.4. The molecule has 4 rings (SSSR count). The summed E-state index contributed by atoms with van der Waals surface area (Å²) in [6.07, 6.45) is 12.0. The molecule has 4 heteroatoms. The Morgan fingerprint density at radius 1 is 1.07 bits per heavy atom. The average Bonchev–Trinajstić information content (AvgIpc) is 3.28. The van der Waals surface area contributed by atoms with Crippen LogP contribution in [-0.2, 0) is 13.0 Å². The van der Waals surface area contributed by atoms with Crippen molar-refractivity contribution in [3.63, 3.8) is 0 Å². The lowest BCUT2D eigenvalue weighted by molar-refractivity contribution is 0.0739. The first kappa shape index (κ1) is 19.4. The molecule has 28 heavy (non-hydrogen) atoms. The third-order valence-corrected chi connectivity index (χ3v) is 6.78. The van der Waals surface area contributed by atoms with Crippen molar-refractivity contribution in [1.29, 1.82) is 0 Å². The van der Waals surface area contributed by atoms with E-state index in [1.807, 2.05) is 22.4 Å². The fraction of sp³-hybridized carbons (Fsp3) is 0.458. The number of amides is 1. The van der Waals surface area contributed by atoms with Gasteiger partial charge in [0, 0.05) is 13.1 Å². The number of hydrogen-bond acceptors (Lipinski definition) is 3. The molecule has 1 aromatic heterocycles. The van der Waals surface area contributed by atoms with Crippen LogP contribution in [0.3, 0.4) is 0 Å². The standard InChI is InChI=1S/C24H30N2OS/c27-24(23-12-8-18-28-23)26-17-13-21-11-7-10-20(22(21)19-26)9-3-1-4-14-25-15-5-2-6-16-25/h3,7-12,18H,1-2,4-6,13-17,19H2/b9-3-. The predicted octanol–water partition coefficient (Wildman–Crippen LogP) is 5.23. The lowest BCUT2D eigenvalue weighted by Crippen LogP contribution is -2.35. The van der Waals surface area contributed by atoms with Crippen molar-refractivity contribution in [3.05, 3.63) is 63.4 Å². The highest BCUT2D eigenvalue weighted by Gasteiger charge is 2.23. The first-order valence-corrected chi connectivity index (χ1v) is 11.5. The maximum Gasteiger partial charge on any atom is 0.264 e. The molecule has 2 aromatic rings. The lowest BCUT2D eigenvalue weighted by Gasteiger charge is -2.29. The molecule has 0 radical (unpaired) electrons. The second kappa shape index (κ2) is 9.53. The summed E-state index contributed by atoms with van der Waals surface area (Å²) in [6.45, 7) is 5.32. The summed E-state index contributed by atoms with van der Waals surface area (Å²) in [4.78, 5) is 18.2. The maximum atomic E-state index is 12.7. The first-order valence-electron chi connectivity index (χ1n) is 10.6. The van der Waals surface area contributed by atoms with E-state index < -0.39 is 0 Å². The van der Waals surface area contributed by atoms with Gasteiger partial charge in [-0.3, -0.25) is 4.79 Å². The molecule has 2 aliphatic rings. The number of fused-ring (bicyclic) bond motifs is 1.